The summed E-state index contributed by atoms with van der Waals surface area (Å²) in [4.78, 5) is 25.7. The molecule has 0 amide bonds. The predicted molar refractivity (Wildman–Crippen MR) is 99.9 cm³/mol. The summed E-state index contributed by atoms with van der Waals surface area (Å²) in [5, 5.41) is 0. The van der Waals surface area contributed by atoms with Gasteiger partial charge in [-0.25, -0.2) is 4.79 Å². The van der Waals surface area contributed by atoms with Gasteiger partial charge in [0.15, 0.2) is 0 Å². The van der Waals surface area contributed by atoms with Crippen LogP contribution in [0, 0.1) is 18.3 Å². The van der Waals surface area contributed by atoms with Crippen LogP contribution in [0.25, 0.3) is 0 Å². The molecule has 1 aromatic carbocycles. The summed E-state index contributed by atoms with van der Waals surface area (Å²) in [6, 6.07) is 7.40. The first-order chi connectivity index (χ1) is 12.6. The molecule has 142 valence electrons. The fourth-order valence-corrected chi connectivity index (χ4v) is 4.80. The molecule has 2 aliphatic rings. The fraction of sp³-hybridized carbons (Fsp3) is 0.636. The van der Waals surface area contributed by atoms with Crippen molar-refractivity contribution in [2.75, 3.05) is 6.61 Å². The van der Waals surface area contributed by atoms with Gasteiger partial charge in [0.1, 0.15) is 11.5 Å². The summed E-state index contributed by atoms with van der Waals surface area (Å²) in [5.41, 5.74) is 0.992. The first-order valence-corrected chi connectivity index (χ1v) is 10.0. The lowest BCUT2D eigenvalue weighted by molar-refractivity contribution is -0.168. The summed E-state index contributed by atoms with van der Waals surface area (Å²) in [5.74, 6) is -0.235. The van der Waals surface area contributed by atoms with Crippen molar-refractivity contribution < 1.29 is 19.1 Å². The predicted octanol–water partition coefficient (Wildman–Crippen LogP) is 4.83. The zero-order valence-corrected chi connectivity index (χ0v) is 16.0. The Labute approximate surface area is 156 Å². The zero-order chi connectivity index (χ0) is 18.6. The third-order valence-electron chi connectivity index (χ3n) is 6.16. The Hall–Kier alpha value is -1.84. The van der Waals surface area contributed by atoms with Crippen molar-refractivity contribution in [2.45, 2.75) is 71.3 Å². The minimum Gasteiger partial charge on any atom is -0.465 e. The number of rotatable bonds is 5. The summed E-state index contributed by atoms with van der Waals surface area (Å²) < 4.78 is 11.4. The van der Waals surface area contributed by atoms with E-state index in [0.29, 0.717) is 12.2 Å². The van der Waals surface area contributed by atoms with Crippen molar-refractivity contribution in [2.24, 2.45) is 11.3 Å². The molecule has 0 bridgehead atoms. The van der Waals surface area contributed by atoms with E-state index in [1.807, 2.05) is 26.0 Å². The molecule has 2 saturated carbocycles. The number of hydrogen-bond acceptors (Lipinski definition) is 4. The molecule has 3 rings (SSSR count). The molecular formula is C22H30O4. The lowest BCUT2D eigenvalue weighted by atomic mass is 9.66. The molecule has 0 heterocycles. The van der Waals surface area contributed by atoms with E-state index >= 15 is 0 Å². The molecule has 0 radical (unpaired) electrons. The number of carbonyl (C=O) groups excluding carboxylic acids is 2. The lowest BCUT2D eigenvalue weighted by Gasteiger charge is -2.41. The molecule has 0 aromatic heterocycles. The summed E-state index contributed by atoms with van der Waals surface area (Å²) in [6.45, 7) is 4.20. The van der Waals surface area contributed by atoms with E-state index in [-0.39, 0.29) is 24.0 Å². The highest BCUT2D eigenvalue weighted by atomic mass is 16.6. The van der Waals surface area contributed by atoms with Crippen LogP contribution in [0.2, 0.25) is 0 Å². The second-order valence-electron chi connectivity index (χ2n) is 7.75. The van der Waals surface area contributed by atoms with Crippen LogP contribution in [-0.4, -0.2) is 24.6 Å². The zero-order valence-electron chi connectivity index (χ0n) is 16.0. The van der Waals surface area contributed by atoms with Crippen LogP contribution >= 0.6 is 0 Å². The van der Waals surface area contributed by atoms with Gasteiger partial charge in [-0.3, -0.25) is 4.79 Å². The first-order valence-electron chi connectivity index (χ1n) is 10.0. The summed E-state index contributed by atoms with van der Waals surface area (Å²) in [6.07, 6.45) is 7.60. The Bertz CT molecular complexity index is 630. The largest absolute Gasteiger partial charge is 0.465 e. The number of aryl methyl sites for hydroxylation is 1. The SMILES string of the molecule is CCOC(=O)C1(C2CCCCC2)CCCC1OC(=O)c1ccc(C)cc1. The van der Waals surface area contributed by atoms with Crippen molar-refractivity contribution in [1.29, 1.82) is 0 Å². The van der Waals surface area contributed by atoms with Gasteiger partial charge in [0, 0.05) is 0 Å². The maximum atomic E-state index is 13.0. The molecule has 4 heteroatoms. The van der Waals surface area contributed by atoms with Crippen LogP contribution < -0.4 is 0 Å². The molecule has 26 heavy (non-hydrogen) atoms. The van der Waals surface area contributed by atoms with Gasteiger partial charge in [0.05, 0.1) is 12.2 Å². The van der Waals surface area contributed by atoms with Crippen molar-refractivity contribution in [3.63, 3.8) is 0 Å². The molecule has 0 aliphatic heterocycles. The van der Waals surface area contributed by atoms with Gasteiger partial charge in [-0.15, -0.1) is 0 Å². The quantitative estimate of drug-likeness (QED) is 0.707. The molecule has 4 nitrogen and oxygen atoms in total. The molecule has 2 aliphatic carbocycles. The molecule has 2 unspecified atom stereocenters. The standard InChI is InChI=1S/C22H30O4/c1-3-25-21(24)22(18-8-5-4-6-9-18)15-7-10-19(22)26-20(23)17-13-11-16(2)12-14-17/h11-14,18-19H,3-10,15H2,1-2H3. The molecule has 0 N–H and O–H groups in total. The third-order valence-corrected chi connectivity index (χ3v) is 6.16. The Morgan fingerprint density at radius 1 is 1.04 bits per heavy atom. The maximum Gasteiger partial charge on any atom is 0.338 e. The number of benzene rings is 1. The first kappa shape index (κ1) is 18.9. The number of esters is 2. The topological polar surface area (TPSA) is 52.6 Å². The highest BCUT2D eigenvalue weighted by Crippen LogP contribution is 2.52. The van der Waals surface area contributed by atoms with Crippen LogP contribution in [0.1, 0.15) is 74.2 Å². The summed E-state index contributed by atoms with van der Waals surface area (Å²) >= 11 is 0. The van der Waals surface area contributed by atoms with E-state index < -0.39 is 5.41 Å². The van der Waals surface area contributed by atoms with E-state index in [0.717, 1.165) is 50.5 Å². The highest BCUT2D eigenvalue weighted by molar-refractivity contribution is 5.90. The van der Waals surface area contributed by atoms with E-state index in [4.69, 9.17) is 9.47 Å². The van der Waals surface area contributed by atoms with Crippen molar-refractivity contribution in [3.05, 3.63) is 35.4 Å². The van der Waals surface area contributed by atoms with Crippen LogP contribution in [0.3, 0.4) is 0 Å². The van der Waals surface area contributed by atoms with Crippen LogP contribution in [-0.2, 0) is 14.3 Å². The monoisotopic (exact) mass is 358 g/mol. The van der Waals surface area contributed by atoms with Crippen LogP contribution in [0.4, 0.5) is 0 Å². The Balaban J connectivity index is 1.83. The summed E-state index contributed by atoms with van der Waals surface area (Å²) in [7, 11) is 0. The minimum absolute atomic E-state index is 0.161. The molecule has 2 fully saturated rings. The second kappa shape index (κ2) is 8.24. The van der Waals surface area contributed by atoms with Gasteiger partial charge < -0.3 is 9.47 Å². The minimum atomic E-state index is -0.656. The van der Waals surface area contributed by atoms with Crippen LogP contribution in [0.5, 0.6) is 0 Å². The number of ether oxygens (including phenoxy) is 2. The van der Waals surface area contributed by atoms with E-state index in [1.54, 1.807) is 12.1 Å². The normalized spacial score (nSPS) is 26.5. The Kier molecular flexibility index (Phi) is 6.00. The molecular weight excluding hydrogens is 328 g/mol. The van der Waals surface area contributed by atoms with E-state index in [1.165, 1.54) is 6.42 Å². The third kappa shape index (κ3) is 3.65. The van der Waals surface area contributed by atoms with Crippen molar-refractivity contribution >= 4 is 11.9 Å². The van der Waals surface area contributed by atoms with E-state index in [9.17, 15) is 9.59 Å². The number of hydrogen-bond donors (Lipinski definition) is 0. The van der Waals surface area contributed by atoms with Gasteiger partial charge in [0.25, 0.3) is 0 Å². The second-order valence-corrected chi connectivity index (χ2v) is 7.75. The Morgan fingerprint density at radius 2 is 1.73 bits per heavy atom. The van der Waals surface area contributed by atoms with Gasteiger partial charge >= 0.3 is 11.9 Å². The van der Waals surface area contributed by atoms with Gasteiger partial charge in [-0.2, -0.15) is 0 Å². The van der Waals surface area contributed by atoms with Gasteiger partial charge in [-0.1, -0.05) is 37.0 Å². The smallest absolute Gasteiger partial charge is 0.338 e. The average molecular weight is 358 g/mol. The fourth-order valence-electron chi connectivity index (χ4n) is 4.80. The maximum absolute atomic E-state index is 13.0. The number of carbonyl (C=O) groups is 2. The van der Waals surface area contributed by atoms with Crippen LogP contribution in [0.15, 0.2) is 24.3 Å². The van der Waals surface area contributed by atoms with E-state index in [2.05, 4.69) is 0 Å². The van der Waals surface area contributed by atoms with Gasteiger partial charge in [0.2, 0.25) is 0 Å². The molecule has 0 saturated heterocycles. The lowest BCUT2D eigenvalue weighted by Crippen LogP contribution is -2.48. The van der Waals surface area contributed by atoms with Gasteiger partial charge in [-0.05, 0) is 64.0 Å². The van der Waals surface area contributed by atoms with Crippen molar-refractivity contribution in [1.82, 2.24) is 0 Å². The van der Waals surface area contributed by atoms with Crippen molar-refractivity contribution in [3.8, 4) is 0 Å². The average Bonchev–Trinajstić information content (AvgIpc) is 3.07. The molecule has 2 atom stereocenters. The Morgan fingerprint density at radius 3 is 2.38 bits per heavy atom. The highest BCUT2D eigenvalue weighted by Gasteiger charge is 2.57. The molecule has 1 aromatic rings. The molecule has 0 spiro atoms.